The number of ether oxygens (including phenoxy) is 1. The number of hydrogen-bond donors (Lipinski definition) is 1. The van der Waals surface area contributed by atoms with Gasteiger partial charge in [-0.25, -0.2) is 9.64 Å². The van der Waals surface area contributed by atoms with Gasteiger partial charge in [-0.2, -0.15) is 0 Å². The Kier molecular flexibility index (Phi) is 5.29. The Morgan fingerprint density at radius 3 is 2.57 bits per heavy atom. The summed E-state index contributed by atoms with van der Waals surface area (Å²) < 4.78 is 5.55. The van der Waals surface area contributed by atoms with Crippen molar-refractivity contribution in [3.8, 4) is 11.1 Å². The molecule has 5 nitrogen and oxygen atoms in total. The van der Waals surface area contributed by atoms with Crippen molar-refractivity contribution >= 4 is 11.8 Å². The molecule has 0 aromatic heterocycles. The first-order valence-corrected chi connectivity index (χ1v) is 10.6. The number of hydrogen-bond acceptors (Lipinski definition) is 3. The van der Waals surface area contributed by atoms with Crippen molar-refractivity contribution in [1.82, 2.24) is 10.2 Å². The number of piperidine rings is 1. The van der Waals surface area contributed by atoms with Gasteiger partial charge in [-0.1, -0.05) is 36.4 Å². The van der Waals surface area contributed by atoms with E-state index >= 15 is 0 Å². The van der Waals surface area contributed by atoms with Gasteiger partial charge in [0.2, 0.25) is 0 Å². The van der Waals surface area contributed by atoms with Crippen LogP contribution < -0.4 is 5.32 Å². The van der Waals surface area contributed by atoms with E-state index in [9.17, 15) is 4.79 Å². The maximum Gasteiger partial charge on any atom is 0.410 e. The fourth-order valence-electron chi connectivity index (χ4n) is 4.58. The van der Waals surface area contributed by atoms with E-state index < -0.39 is 5.60 Å². The zero-order valence-electron chi connectivity index (χ0n) is 18.0. The predicted molar refractivity (Wildman–Crippen MR) is 119 cm³/mol. The summed E-state index contributed by atoms with van der Waals surface area (Å²) in [6.07, 6.45) is 2.53. The first kappa shape index (κ1) is 20.4. The SMILES string of the molecule is [C-]#[N+]c1cccc(-c2ccc3c(c2)CCNC32CCN(C(=O)OC(C)(C)C)CC2)c1. The molecule has 1 spiro atoms. The summed E-state index contributed by atoms with van der Waals surface area (Å²) >= 11 is 0. The molecule has 0 saturated carbocycles. The standard InChI is InChI=1S/C25H29N3O2/c1-24(2,3)30-23(29)28-14-11-25(12-15-28)22-9-8-19(16-20(22)10-13-27-25)18-6-5-7-21(17-18)26-4/h5-9,16-17,27H,10-15H2,1-3H3. The minimum Gasteiger partial charge on any atom is -0.444 e. The molecule has 1 fully saturated rings. The Labute approximate surface area is 178 Å². The molecule has 2 aliphatic rings. The van der Waals surface area contributed by atoms with Gasteiger partial charge in [-0.3, -0.25) is 0 Å². The van der Waals surface area contributed by atoms with Crippen molar-refractivity contribution in [2.75, 3.05) is 19.6 Å². The molecule has 1 saturated heterocycles. The van der Waals surface area contributed by atoms with Gasteiger partial charge in [0.25, 0.3) is 0 Å². The second-order valence-electron chi connectivity index (χ2n) is 9.26. The van der Waals surface area contributed by atoms with E-state index in [1.807, 2.05) is 43.9 Å². The van der Waals surface area contributed by atoms with Crippen molar-refractivity contribution in [2.45, 2.75) is 51.2 Å². The predicted octanol–water partition coefficient (Wildman–Crippen LogP) is 5.28. The third-order valence-electron chi connectivity index (χ3n) is 6.06. The molecule has 4 rings (SSSR count). The lowest BCUT2D eigenvalue weighted by atomic mass is 9.75. The van der Waals surface area contributed by atoms with E-state index in [1.165, 1.54) is 11.1 Å². The number of fused-ring (bicyclic) bond motifs is 2. The molecule has 1 N–H and O–H groups in total. The molecule has 2 aromatic rings. The third kappa shape index (κ3) is 4.06. The minimum atomic E-state index is -0.469. The van der Waals surface area contributed by atoms with E-state index in [0.717, 1.165) is 36.9 Å². The molecule has 2 aliphatic heterocycles. The molecule has 1 amide bonds. The average Bonchev–Trinajstić information content (AvgIpc) is 2.73. The van der Waals surface area contributed by atoms with Crippen molar-refractivity contribution < 1.29 is 9.53 Å². The summed E-state index contributed by atoms with van der Waals surface area (Å²) in [5.74, 6) is 0. The molecule has 0 bridgehead atoms. The topological polar surface area (TPSA) is 45.9 Å². The highest BCUT2D eigenvalue weighted by atomic mass is 16.6. The normalized spacial score (nSPS) is 17.9. The summed E-state index contributed by atoms with van der Waals surface area (Å²) in [4.78, 5) is 17.8. The highest BCUT2D eigenvalue weighted by Crippen LogP contribution is 2.39. The van der Waals surface area contributed by atoms with Crippen LogP contribution in [0.15, 0.2) is 42.5 Å². The lowest BCUT2D eigenvalue weighted by molar-refractivity contribution is 0.0139. The first-order valence-electron chi connectivity index (χ1n) is 10.6. The van der Waals surface area contributed by atoms with Crippen LogP contribution in [0.3, 0.4) is 0 Å². The molecule has 0 aliphatic carbocycles. The van der Waals surface area contributed by atoms with Gasteiger partial charge in [-0.05, 0) is 68.4 Å². The van der Waals surface area contributed by atoms with E-state index in [-0.39, 0.29) is 11.6 Å². The van der Waals surface area contributed by atoms with Gasteiger partial charge in [0.15, 0.2) is 5.69 Å². The lowest BCUT2D eigenvalue weighted by Crippen LogP contribution is -2.55. The van der Waals surface area contributed by atoms with Gasteiger partial charge < -0.3 is 15.0 Å². The van der Waals surface area contributed by atoms with E-state index in [2.05, 4.69) is 34.4 Å². The highest BCUT2D eigenvalue weighted by Gasteiger charge is 2.40. The molecule has 0 radical (unpaired) electrons. The molecule has 0 unspecified atom stereocenters. The molecule has 156 valence electrons. The van der Waals surface area contributed by atoms with Crippen LogP contribution in [0.5, 0.6) is 0 Å². The van der Waals surface area contributed by atoms with E-state index in [4.69, 9.17) is 11.3 Å². The fraction of sp³-hybridized carbons (Fsp3) is 0.440. The largest absolute Gasteiger partial charge is 0.444 e. The molecule has 5 heteroatoms. The van der Waals surface area contributed by atoms with Crippen molar-refractivity contribution in [2.24, 2.45) is 0 Å². The van der Waals surface area contributed by atoms with Crippen LogP contribution >= 0.6 is 0 Å². The van der Waals surface area contributed by atoms with Crippen LogP contribution in [0.2, 0.25) is 0 Å². The summed E-state index contributed by atoms with van der Waals surface area (Å²) in [7, 11) is 0. The van der Waals surface area contributed by atoms with Crippen LogP contribution in [0.1, 0.15) is 44.7 Å². The van der Waals surface area contributed by atoms with Crippen LogP contribution in [0.4, 0.5) is 10.5 Å². The van der Waals surface area contributed by atoms with Crippen LogP contribution in [0, 0.1) is 6.57 Å². The van der Waals surface area contributed by atoms with Gasteiger partial charge in [0.05, 0.1) is 6.57 Å². The van der Waals surface area contributed by atoms with Crippen LogP contribution in [-0.2, 0) is 16.7 Å². The lowest BCUT2D eigenvalue weighted by Gasteiger charge is -2.46. The second-order valence-corrected chi connectivity index (χ2v) is 9.26. The summed E-state index contributed by atoms with van der Waals surface area (Å²) in [6, 6.07) is 14.5. The van der Waals surface area contributed by atoms with Gasteiger partial charge >= 0.3 is 6.09 Å². The number of carbonyl (C=O) groups excluding carboxylic acids is 1. The number of amides is 1. The fourth-order valence-corrected chi connectivity index (χ4v) is 4.58. The summed E-state index contributed by atoms with van der Waals surface area (Å²) in [6.45, 7) is 15.3. The number of rotatable bonds is 1. The third-order valence-corrected chi connectivity index (χ3v) is 6.06. The Morgan fingerprint density at radius 1 is 1.13 bits per heavy atom. The quantitative estimate of drug-likeness (QED) is 0.659. The Hall–Kier alpha value is -2.84. The Morgan fingerprint density at radius 2 is 1.87 bits per heavy atom. The van der Waals surface area contributed by atoms with Crippen molar-refractivity contribution in [3.05, 3.63) is 65.0 Å². The molecular weight excluding hydrogens is 374 g/mol. The van der Waals surface area contributed by atoms with Gasteiger partial charge in [0.1, 0.15) is 5.60 Å². The Balaban J connectivity index is 1.55. The van der Waals surface area contributed by atoms with Gasteiger partial charge in [0, 0.05) is 25.2 Å². The molecular formula is C25H29N3O2. The van der Waals surface area contributed by atoms with Crippen LogP contribution in [-0.4, -0.2) is 36.2 Å². The smallest absolute Gasteiger partial charge is 0.410 e. The number of nitrogens with one attached hydrogen (secondary N) is 1. The zero-order valence-corrected chi connectivity index (χ0v) is 18.0. The molecule has 30 heavy (non-hydrogen) atoms. The molecule has 2 aromatic carbocycles. The number of nitrogens with zero attached hydrogens (tertiary/aromatic N) is 2. The highest BCUT2D eigenvalue weighted by molar-refractivity contribution is 5.70. The summed E-state index contributed by atoms with van der Waals surface area (Å²) in [5, 5.41) is 3.76. The van der Waals surface area contributed by atoms with Crippen LogP contribution in [0.25, 0.3) is 16.0 Å². The van der Waals surface area contributed by atoms with E-state index in [0.29, 0.717) is 18.8 Å². The zero-order chi connectivity index (χ0) is 21.4. The number of benzene rings is 2. The molecule has 0 atom stereocenters. The minimum absolute atomic E-state index is 0.0804. The second kappa shape index (κ2) is 7.77. The summed E-state index contributed by atoms with van der Waals surface area (Å²) in [5.41, 5.74) is 5.07. The number of likely N-dealkylation sites (tertiary alicyclic amines) is 1. The Bertz CT molecular complexity index is 992. The van der Waals surface area contributed by atoms with Crippen molar-refractivity contribution in [1.29, 1.82) is 0 Å². The average molecular weight is 404 g/mol. The number of carbonyl (C=O) groups is 1. The first-order chi connectivity index (χ1) is 14.3. The monoisotopic (exact) mass is 403 g/mol. The van der Waals surface area contributed by atoms with Crippen molar-refractivity contribution in [3.63, 3.8) is 0 Å². The maximum atomic E-state index is 12.4. The van der Waals surface area contributed by atoms with Gasteiger partial charge in [-0.15, -0.1) is 0 Å². The maximum absolute atomic E-state index is 12.4. The molecule has 2 heterocycles. The van der Waals surface area contributed by atoms with E-state index in [1.54, 1.807) is 0 Å².